The molecule has 0 radical (unpaired) electrons. The molecule has 1 N–H and O–H groups in total. The zero-order valence-electron chi connectivity index (χ0n) is 7.81. The molecule has 13 heavy (non-hydrogen) atoms. The first-order valence-corrected chi connectivity index (χ1v) is 5.55. The minimum atomic E-state index is 0.924. The van der Waals surface area contributed by atoms with Crippen LogP contribution in [0.2, 0.25) is 0 Å². The zero-order valence-corrected chi connectivity index (χ0v) is 9.39. The van der Waals surface area contributed by atoms with E-state index in [-0.39, 0.29) is 0 Å². The summed E-state index contributed by atoms with van der Waals surface area (Å²) < 4.78 is 1.17. The molecule has 1 saturated carbocycles. The van der Waals surface area contributed by atoms with Gasteiger partial charge in [0.25, 0.3) is 0 Å². The summed E-state index contributed by atoms with van der Waals surface area (Å²) in [5, 5.41) is 3.47. The molecule has 0 bridgehead atoms. The predicted octanol–water partition coefficient (Wildman–Crippen LogP) is 3.58. The molecule has 1 aromatic carbocycles. The second-order valence-electron chi connectivity index (χ2n) is 3.81. The van der Waals surface area contributed by atoms with Crippen LogP contribution in [0.5, 0.6) is 0 Å². The van der Waals surface area contributed by atoms with Gasteiger partial charge in [-0.2, -0.15) is 0 Å². The molecule has 2 rings (SSSR count). The highest BCUT2D eigenvalue weighted by Crippen LogP contribution is 2.30. The van der Waals surface area contributed by atoms with Crippen molar-refractivity contribution in [2.45, 2.75) is 19.8 Å². The van der Waals surface area contributed by atoms with E-state index in [4.69, 9.17) is 0 Å². The molecule has 1 aromatic rings. The van der Waals surface area contributed by atoms with Crippen molar-refractivity contribution in [2.24, 2.45) is 5.92 Å². The second kappa shape index (κ2) is 3.70. The summed E-state index contributed by atoms with van der Waals surface area (Å²) >= 11 is 3.54. The Kier molecular flexibility index (Phi) is 2.58. The molecule has 0 aliphatic heterocycles. The highest BCUT2D eigenvalue weighted by molar-refractivity contribution is 9.10. The lowest BCUT2D eigenvalue weighted by molar-refractivity contribution is 0.888. The Labute approximate surface area is 87.7 Å². The van der Waals surface area contributed by atoms with Gasteiger partial charge in [-0.15, -0.1) is 0 Å². The van der Waals surface area contributed by atoms with Gasteiger partial charge in [0.15, 0.2) is 0 Å². The number of rotatable bonds is 3. The number of aryl methyl sites for hydroxylation is 1. The van der Waals surface area contributed by atoms with Crippen LogP contribution in [-0.2, 0) is 0 Å². The summed E-state index contributed by atoms with van der Waals surface area (Å²) in [6.07, 6.45) is 2.80. The average Bonchev–Trinajstić information content (AvgIpc) is 2.90. The lowest BCUT2D eigenvalue weighted by Gasteiger charge is -2.08. The second-order valence-corrected chi connectivity index (χ2v) is 4.66. The fraction of sp³-hybridized carbons (Fsp3) is 0.455. The van der Waals surface area contributed by atoms with E-state index in [1.165, 1.54) is 28.6 Å². The van der Waals surface area contributed by atoms with Crippen molar-refractivity contribution in [2.75, 3.05) is 11.9 Å². The maximum atomic E-state index is 3.54. The minimum absolute atomic E-state index is 0.924. The van der Waals surface area contributed by atoms with E-state index in [0.717, 1.165) is 12.5 Å². The predicted molar refractivity (Wildman–Crippen MR) is 60.1 cm³/mol. The van der Waals surface area contributed by atoms with E-state index < -0.39 is 0 Å². The van der Waals surface area contributed by atoms with Gasteiger partial charge < -0.3 is 5.32 Å². The Hall–Kier alpha value is -0.500. The maximum Gasteiger partial charge on any atom is 0.0487 e. The van der Waals surface area contributed by atoms with Crippen LogP contribution < -0.4 is 5.32 Å². The largest absolute Gasteiger partial charge is 0.384 e. The molecule has 1 aliphatic rings. The van der Waals surface area contributed by atoms with Crippen molar-refractivity contribution < 1.29 is 0 Å². The summed E-state index contributed by atoms with van der Waals surface area (Å²) in [6, 6.07) is 6.41. The average molecular weight is 240 g/mol. The molecule has 2 heteroatoms. The molecular weight excluding hydrogens is 226 g/mol. The molecule has 1 nitrogen and oxygen atoms in total. The Balaban J connectivity index is 2.03. The van der Waals surface area contributed by atoms with Crippen molar-refractivity contribution in [3.8, 4) is 0 Å². The quantitative estimate of drug-likeness (QED) is 0.851. The van der Waals surface area contributed by atoms with E-state index in [1.54, 1.807) is 0 Å². The maximum absolute atomic E-state index is 3.54. The van der Waals surface area contributed by atoms with Crippen molar-refractivity contribution in [3.05, 3.63) is 28.2 Å². The van der Waals surface area contributed by atoms with E-state index in [9.17, 15) is 0 Å². The van der Waals surface area contributed by atoms with Gasteiger partial charge in [0.05, 0.1) is 0 Å². The van der Waals surface area contributed by atoms with Gasteiger partial charge in [-0.1, -0.05) is 6.07 Å². The van der Waals surface area contributed by atoms with Crippen LogP contribution >= 0.6 is 15.9 Å². The van der Waals surface area contributed by atoms with Crippen molar-refractivity contribution >= 4 is 21.6 Å². The Bertz CT molecular complexity index is 305. The summed E-state index contributed by atoms with van der Waals surface area (Å²) in [4.78, 5) is 0. The Morgan fingerprint density at radius 2 is 2.23 bits per heavy atom. The summed E-state index contributed by atoms with van der Waals surface area (Å²) in [5.74, 6) is 0.924. The van der Waals surface area contributed by atoms with Gasteiger partial charge in [-0.25, -0.2) is 0 Å². The fourth-order valence-corrected chi connectivity index (χ4v) is 1.74. The number of hydrogen-bond acceptors (Lipinski definition) is 1. The number of anilines is 1. The van der Waals surface area contributed by atoms with Crippen LogP contribution in [0.4, 0.5) is 5.69 Å². The van der Waals surface area contributed by atoms with Crippen molar-refractivity contribution in [3.63, 3.8) is 0 Å². The highest BCUT2D eigenvalue weighted by Gasteiger charge is 2.20. The van der Waals surface area contributed by atoms with Gasteiger partial charge in [-0.05, 0) is 59.3 Å². The number of halogens is 1. The summed E-state index contributed by atoms with van der Waals surface area (Å²) in [6.45, 7) is 3.25. The topological polar surface area (TPSA) is 12.0 Å². The van der Waals surface area contributed by atoms with Gasteiger partial charge in [-0.3, -0.25) is 0 Å². The molecule has 0 aromatic heterocycles. The highest BCUT2D eigenvalue weighted by atomic mass is 79.9. The monoisotopic (exact) mass is 239 g/mol. The third-order valence-corrected chi connectivity index (χ3v) is 3.09. The lowest BCUT2D eigenvalue weighted by atomic mass is 10.2. The third kappa shape index (κ3) is 2.47. The first-order chi connectivity index (χ1) is 6.25. The third-order valence-electron chi connectivity index (χ3n) is 2.40. The normalized spacial score (nSPS) is 15.8. The molecule has 1 fully saturated rings. The van der Waals surface area contributed by atoms with Gasteiger partial charge >= 0.3 is 0 Å². The first-order valence-electron chi connectivity index (χ1n) is 4.76. The van der Waals surface area contributed by atoms with E-state index >= 15 is 0 Å². The van der Waals surface area contributed by atoms with Crippen LogP contribution in [0, 0.1) is 12.8 Å². The van der Waals surface area contributed by atoms with Gasteiger partial charge in [0.2, 0.25) is 0 Å². The smallest absolute Gasteiger partial charge is 0.0487 e. The SMILES string of the molecule is Cc1ccc(Br)c(NCC2CC2)c1. The summed E-state index contributed by atoms with van der Waals surface area (Å²) in [7, 11) is 0. The van der Waals surface area contributed by atoms with Gasteiger partial charge in [0.1, 0.15) is 0 Å². The van der Waals surface area contributed by atoms with Crippen LogP contribution in [0.1, 0.15) is 18.4 Å². The zero-order chi connectivity index (χ0) is 9.26. The molecule has 0 spiro atoms. The molecule has 1 aliphatic carbocycles. The van der Waals surface area contributed by atoms with E-state index in [0.29, 0.717) is 0 Å². The number of benzene rings is 1. The first kappa shape index (κ1) is 9.07. The lowest BCUT2D eigenvalue weighted by Crippen LogP contribution is -2.03. The van der Waals surface area contributed by atoms with E-state index in [1.807, 2.05) is 0 Å². The molecule has 0 amide bonds. The molecule has 0 atom stereocenters. The van der Waals surface area contributed by atoms with Crippen LogP contribution in [-0.4, -0.2) is 6.54 Å². The molecule has 0 heterocycles. The van der Waals surface area contributed by atoms with Crippen molar-refractivity contribution in [1.82, 2.24) is 0 Å². The van der Waals surface area contributed by atoms with Crippen molar-refractivity contribution in [1.29, 1.82) is 0 Å². The summed E-state index contributed by atoms with van der Waals surface area (Å²) in [5.41, 5.74) is 2.54. The number of hydrogen-bond donors (Lipinski definition) is 1. The molecule has 70 valence electrons. The molecule has 0 saturated heterocycles. The number of nitrogens with one attached hydrogen (secondary N) is 1. The van der Waals surface area contributed by atoms with Crippen LogP contribution in [0.25, 0.3) is 0 Å². The standard InChI is InChI=1S/C11H14BrN/c1-8-2-5-10(12)11(6-8)13-7-9-3-4-9/h2,5-6,9,13H,3-4,7H2,1H3. The van der Waals surface area contributed by atoms with Crippen LogP contribution in [0.3, 0.4) is 0 Å². The van der Waals surface area contributed by atoms with Gasteiger partial charge in [0, 0.05) is 16.7 Å². The fourth-order valence-electron chi connectivity index (χ4n) is 1.35. The van der Waals surface area contributed by atoms with E-state index in [2.05, 4.69) is 46.4 Å². The Morgan fingerprint density at radius 1 is 1.46 bits per heavy atom. The minimum Gasteiger partial charge on any atom is -0.384 e. The molecule has 0 unspecified atom stereocenters. The molecular formula is C11H14BrN. The van der Waals surface area contributed by atoms with Crippen LogP contribution in [0.15, 0.2) is 22.7 Å². The Morgan fingerprint density at radius 3 is 2.92 bits per heavy atom.